The molecule has 0 saturated heterocycles. The number of ether oxygens (including phenoxy) is 1. The van der Waals surface area contributed by atoms with Gasteiger partial charge in [0.2, 0.25) is 0 Å². The third kappa shape index (κ3) is 5.25. The number of alkyl carbamates (subject to hydrolysis) is 1. The van der Waals surface area contributed by atoms with E-state index in [0.717, 1.165) is 6.54 Å². The van der Waals surface area contributed by atoms with Crippen LogP contribution in [0.2, 0.25) is 0 Å². The van der Waals surface area contributed by atoms with E-state index in [0.29, 0.717) is 11.5 Å². The summed E-state index contributed by atoms with van der Waals surface area (Å²) >= 11 is 0. The Bertz CT molecular complexity index is 293. The van der Waals surface area contributed by atoms with Gasteiger partial charge in [-0.25, -0.2) is 4.79 Å². The van der Waals surface area contributed by atoms with Gasteiger partial charge in [0.05, 0.1) is 0 Å². The molecule has 0 aliphatic heterocycles. The lowest BCUT2D eigenvalue weighted by molar-refractivity contribution is 0.0507. The number of nitrogens with one attached hydrogen (secondary N) is 2. The van der Waals surface area contributed by atoms with Gasteiger partial charge in [0.25, 0.3) is 0 Å². The van der Waals surface area contributed by atoms with Gasteiger partial charge in [0.15, 0.2) is 0 Å². The lowest BCUT2D eigenvalue weighted by atomic mass is 10.0. The van der Waals surface area contributed by atoms with Crippen LogP contribution in [0, 0.1) is 5.41 Å². The fourth-order valence-electron chi connectivity index (χ4n) is 1.79. The van der Waals surface area contributed by atoms with Crippen LogP contribution in [0.1, 0.15) is 54.4 Å². The molecule has 0 bridgehead atoms. The third-order valence-corrected chi connectivity index (χ3v) is 3.58. The third-order valence-electron chi connectivity index (χ3n) is 3.58. The minimum absolute atomic E-state index is 0.0737. The van der Waals surface area contributed by atoms with Gasteiger partial charge in [-0.2, -0.15) is 0 Å². The molecule has 0 aromatic heterocycles. The first kappa shape index (κ1) is 15.3. The Labute approximate surface area is 111 Å². The molecule has 1 aliphatic rings. The molecule has 0 aromatic carbocycles. The van der Waals surface area contributed by atoms with Gasteiger partial charge < -0.3 is 15.4 Å². The fraction of sp³-hybridized carbons (Fsp3) is 0.929. The summed E-state index contributed by atoms with van der Waals surface area (Å²) in [6, 6.07) is 0.574. The maximum Gasteiger partial charge on any atom is 0.407 e. The zero-order valence-corrected chi connectivity index (χ0v) is 12.6. The Hall–Kier alpha value is -0.770. The van der Waals surface area contributed by atoms with E-state index < -0.39 is 5.60 Å². The first-order valence-corrected chi connectivity index (χ1v) is 6.85. The highest BCUT2D eigenvalue weighted by Crippen LogP contribution is 2.47. The maximum absolute atomic E-state index is 11.6. The fourth-order valence-corrected chi connectivity index (χ4v) is 1.79. The first-order chi connectivity index (χ1) is 8.12. The quantitative estimate of drug-likeness (QED) is 0.795. The van der Waals surface area contributed by atoms with Crippen LogP contribution in [0.4, 0.5) is 4.79 Å². The van der Waals surface area contributed by atoms with Crippen LogP contribution in [0.5, 0.6) is 0 Å². The molecule has 2 unspecified atom stereocenters. The molecule has 2 N–H and O–H groups in total. The Kier molecular flexibility index (Phi) is 4.65. The van der Waals surface area contributed by atoms with Crippen LogP contribution < -0.4 is 10.6 Å². The van der Waals surface area contributed by atoms with E-state index in [9.17, 15) is 4.79 Å². The van der Waals surface area contributed by atoms with Crippen LogP contribution in [-0.2, 0) is 4.74 Å². The SMILES string of the molecule is CC(CNC(C)C1(C)CC1)NC(=O)OC(C)(C)C. The van der Waals surface area contributed by atoms with Crippen LogP contribution in [0.3, 0.4) is 0 Å². The average molecular weight is 256 g/mol. The van der Waals surface area contributed by atoms with E-state index in [1.54, 1.807) is 0 Å². The summed E-state index contributed by atoms with van der Waals surface area (Å²) in [6.45, 7) is 12.9. The second-order valence-electron chi connectivity index (χ2n) is 6.83. The minimum atomic E-state index is -0.438. The average Bonchev–Trinajstić information content (AvgIpc) is 2.91. The van der Waals surface area contributed by atoms with E-state index >= 15 is 0 Å². The van der Waals surface area contributed by atoms with Crippen molar-refractivity contribution in [2.75, 3.05) is 6.54 Å². The van der Waals surface area contributed by atoms with Crippen LogP contribution in [0.15, 0.2) is 0 Å². The monoisotopic (exact) mass is 256 g/mol. The van der Waals surface area contributed by atoms with E-state index in [-0.39, 0.29) is 12.1 Å². The largest absolute Gasteiger partial charge is 0.444 e. The first-order valence-electron chi connectivity index (χ1n) is 6.85. The highest BCUT2D eigenvalue weighted by atomic mass is 16.6. The molecule has 1 aliphatic carbocycles. The van der Waals surface area contributed by atoms with Crippen LogP contribution in [-0.4, -0.2) is 30.3 Å². The lowest BCUT2D eigenvalue weighted by Crippen LogP contribution is -2.45. The van der Waals surface area contributed by atoms with Crippen LogP contribution in [0.25, 0.3) is 0 Å². The summed E-state index contributed by atoms with van der Waals surface area (Å²) < 4.78 is 5.22. The summed E-state index contributed by atoms with van der Waals surface area (Å²) in [4.78, 5) is 11.6. The minimum Gasteiger partial charge on any atom is -0.444 e. The summed E-state index contributed by atoms with van der Waals surface area (Å²) in [5, 5.41) is 6.32. The Morgan fingerprint density at radius 1 is 1.33 bits per heavy atom. The maximum atomic E-state index is 11.6. The Morgan fingerprint density at radius 3 is 2.33 bits per heavy atom. The van der Waals surface area contributed by atoms with E-state index in [1.807, 2.05) is 27.7 Å². The zero-order chi connectivity index (χ0) is 14.0. The Balaban J connectivity index is 2.21. The molecular weight excluding hydrogens is 228 g/mol. The summed E-state index contributed by atoms with van der Waals surface area (Å²) in [5.41, 5.74) is 0.0254. The van der Waals surface area contributed by atoms with Crippen molar-refractivity contribution in [3.8, 4) is 0 Å². The number of carbonyl (C=O) groups excluding carboxylic acids is 1. The second-order valence-corrected chi connectivity index (χ2v) is 6.83. The second kappa shape index (κ2) is 5.47. The van der Waals surface area contributed by atoms with Gasteiger partial charge in [-0.1, -0.05) is 6.92 Å². The van der Waals surface area contributed by atoms with Gasteiger partial charge in [-0.15, -0.1) is 0 Å². The molecule has 0 spiro atoms. The molecular formula is C14H28N2O2. The number of hydrogen-bond acceptors (Lipinski definition) is 3. The molecule has 4 heteroatoms. The number of hydrogen-bond donors (Lipinski definition) is 2. The molecule has 0 heterocycles. The van der Waals surface area contributed by atoms with Crippen molar-refractivity contribution < 1.29 is 9.53 Å². The van der Waals surface area contributed by atoms with E-state index in [1.165, 1.54) is 12.8 Å². The highest BCUT2D eigenvalue weighted by Gasteiger charge is 2.42. The smallest absolute Gasteiger partial charge is 0.407 e. The van der Waals surface area contributed by atoms with E-state index in [4.69, 9.17) is 4.74 Å². The summed E-state index contributed by atoms with van der Waals surface area (Å²) in [6.07, 6.45) is 2.26. The summed E-state index contributed by atoms with van der Waals surface area (Å²) in [5.74, 6) is 0. The molecule has 1 rings (SSSR count). The molecule has 1 fully saturated rings. The zero-order valence-electron chi connectivity index (χ0n) is 12.6. The van der Waals surface area contributed by atoms with E-state index in [2.05, 4.69) is 24.5 Å². The van der Waals surface area contributed by atoms with Gasteiger partial charge in [-0.05, 0) is 52.9 Å². The topological polar surface area (TPSA) is 50.4 Å². The molecule has 1 amide bonds. The molecule has 0 aromatic rings. The van der Waals surface area contributed by atoms with Crippen molar-refractivity contribution in [1.29, 1.82) is 0 Å². The van der Waals surface area contributed by atoms with Crippen molar-refractivity contribution in [3.63, 3.8) is 0 Å². The van der Waals surface area contributed by atoms with Crippen molar-refractivity contribution >= 4 is 6.09 Å². The van der Waals surface area contributed by atoms with Crippen molar-refractivity contribution in [3.05, 3.63) is 0 Å². The van der Waals surface area contributed by atoms with Crippen molar-refractivity contribution in [1.82, 2.24) is 10.6 Å². The predicted molar refractivity (Wildman–Crippen MR) is 73.6 cm³/mol. The van der Waals surface area contributed by atoms with Gasteiger partial charge in [-0.3, -0.25) is 0 Å². The lowest BCUT2D eigenvalue weighted by Gasteiger charge is -2.25. The van der Waals surface area contributed by atoms with Crippen LogP contribution >= 0.6 is 0 Å². The normalized spacial score (nSPS) is 21.0. The molecule has 0 radical (unpaired) electrons. The standard InChI is InChI=1S/C14H28N2O2/c1-10(16-12(17)18-13(3,4)5)9-15-11(2)14(6)7-8-14/h10-11,15H,7-9H2,1-6H3,(H,16,17). The number of rotatable bonds is 5. The highest BCUT2D eigenvalue weighted by molar-refractivity contribution is 5.68. The van der Waals surface area contributed by atoms with Gasteiger partial charge in [0.1, 0.15) is 5.60 Å². The number of amides is 1. The van der Waals surface area contributed by atoms with Crippen molar-refractivity contribution in [2.24, 2.45) is 5.41 Å². The van der Waals surface area contributed by atoms with Crippen molar-refractivity contribution in [2.45, 2.75) is 72.1 Å². The molecule has 1 saturated carbocycles. The molecule has 106 valence electrons. The van der Waals surface area contributed by atoms with Gasteiger partial charge in [0, 0.05) is 18.6 Å². The Morgan fingerprint density at radius 2 is 1.89 bits per heavy atom. The predicted octanol–water partition coefficient (Wildman–Crippen LogP) is 2.68. The summed E-state index contributed by atoms with van der Waals surface area (Å²) in [7, 11) is 0. The number of carbonyl (C=O) groups is 1. The molecule has 18 heavy (non-hydrogen) atoms. The van der Waals surface area contributed by atoms with Gasteiger partial charge >= 0.3 is 6.09 Å². The molecule has 2 atom stereocenters. The molecule has 4 nitrogen and oxygen atoms in total.